The fourth-order valence-corrected chi connectivity index (χ4v) is 1.98. The van der Waals surface area contributed by atoms with E-state index in [2.05, 4.69) is 5.32 Å². The molecule has 0 aliphatic carbocycles. The smallest absolute Gasteiger partial charge is 0.410 e. The second-order valence-corrected chi connectivity index (χ2v) is 5.79. The maximum Gasteiger partial charge on any atom is 0.410 e. The fraction of sp³-hybridized carbons (Fsp3) is 0.471. The van der Waals surface area contributed by atoms with Gasteiger partial charge in [-0.2, -0.15) is 0 Å². The second-order valence-electron chi connectivity index (χ2n) is 5.79. The number of rotatable bonds is 8. The Hall–Kier alpha value is -2.64. The minimum Gasteiger partial charge on any atom is -0.481 e. The van der Waals surface area contributed by atoms with E-state index in [1.54, 1.807) is 13.8 Å². The van der Waals surface area contributed by atoms with E-state index in [9.17, 15) is 18.8 Å². The number of carbonyl (C=O) groups is 3. The van der Waals surface area contributed by atoms with Gasteiger partial charge in [-0.25, -0.2) is 9.18 Å². The van der Waals surface area contributed by atoms with Crippen LogP contribution in [-0.2, 0) is 19.1 Å². The molecule has 0 aliphatic rings. The lowest BCUT2D eigenvalue weighted by atomic mass is 9.96. The molecule has 2 N–H and O–H groups in total. The van der Waals surface area contributed by atoms with Crippen molar-refractivity contribution in [3.63, 3.8) is 0 Å². The third-order valence-electron chi connectivity index (χ3n) is 3.28. The van der Waals surface area contributed by atoms with Crippen molar-refractivity contribution in [1.29, 1.82) is 0 Å². The third kappa shape index (κ3) is 7.65. The summed E-state index contributed by atoms with van der Waals surface area (Å²) in [7, 11) is 0. The highest BCUT2D eigenvalue weighted by atomic mass is 19.1. The molecule has 0 fully saturated rings. The molecule has 1 aromatic carbocycles. The van der Waals surface area contributed by atoms with E-state index in [0.29, 0.717) is 5.56 Å². The van der Waals surface area contributed by atoms with Gasteiger partial charge in [-0.1, -0.05) is 26.0 Å². The van der Waals surface area contributed by atoms with Crippen molar-refractivity contribution in [3.8, 4) is 0 Å². The van der Waals surface area contributed by atoms with Crippen molar-refractivity contribution >= 4 is 18.0 Å². The number of carbonyl (C=O) groups excluding carboxylic acids is 2. The minimum absolute atomic E-state index is 0.0262. The number of carboxylic acid groups (broad SMARTS) is 1. The van der Waals surface area contributed by atoms with E-state index in [-0.39, 0.29) is 18.9 Å². The van der Waals surface area contributed by atoms with Crippen molar-refractivity contribution in [2.45, 2.75) is 39.4 Å². The van der Waals surface area contributed by atoms with Crippen molar-refractivity contribution < 1.29 is 33.4 Å². The molecule has 7 nitrogen and oxygen atoms in total. The number of ether oxygens (including phenoxy) is 2. The van der Waals surface area contributed by atoms with Gasteiger partial charge in [-0.15, -0.1) is 0 Å². The highest BCUT2D eigenvalue weighted by Gasteiger charge is 2.20. The lowest BCUT2D eigenvalue weighted by molar-refractivity contribution is -0.168. The van der Waals surface area contributed by atoms with E-state index in [1.807, 2.05) is 0 Å². The van der Waals surface area contributed by atoms with Crippen LogP contribution in [0.3, 0.4) is 0 Å². The lowest BCUT2D eigenvalue weighted by Crippen LogP contribution is -2.34. The monoisotopic (exact) mass is 355 g/mol. The van der Waals surface area contributed by atoms with Crippen molar-refractivity contribution in [1.82, 2.24) is 5.32 Å². The summed E-state index contributed by atoms with van der Waals surface area (Å²) in [6.07, 6.45) is -2.16. The maximum absolute atomic E-state index is 13.0. The highest BCUT2D eigenvalue weighted by molar-refractivity contribution is 5.72. The average molecular weight is 355 g/mol. The van der Waals surface area contributed by atoms with E-state index in [1.165, 1.54) is 31.2 Å². The molecule has 0 heterocycles. The first kappa shape index (κ1) is 20.4. The Balaban J connectivity index is 2.58. The van der Waals surface area contributed by atoms with Gasteiger partial charge in [-0.05, 0) is 17.7 Å². The molecule has 0 unspecified atom stereocenters. The number of esters is 1. The molecular formula is C17H22FNO6. The summed E-state index contributed by atoms with van der Waals surface area (Å²) >= 11 is 0. The molecular weight excluding hydrogens is 333 g/mol. The summed E-state index contributed by atoms with van der Waals surface area (Å²) in [5.41, 5.74) is 0.573. The van der Waals surface area contributed by atoms with Crippen LogP contribution in [0.2, 0.25) is 0 Å². The third-order valence-corrected chi connectivity index (χ3v) is 3.28. The van der Waals surface area contributed by atoms with Gasteiger partial charge in [0.05, 0.1) is 12.3 Å². The summed E-state index contributed by atoms with van der Waals surface area (Å²) in [6.45, 7) is 4.67. The number of carboxylic acids is 1. The highest BCUT2D eigenvalue weighted by Crippen LogP contribution is 2.19. The Morgan fingerprint density at radius 2 is 1.72 bits per heavy atom. The number of nitrogens with one attached hydrogen (secondary N) is 1. The molecule has 1 amide bonds. The second kappa shape index (κ2) is 9.61. The van der Waals surface area contributed by atoms with Gasteiger partial charge < -0.3 is 19.9 Å². The zero-order valence-corrected chi connectivity index (χ0v) is 14.3. The fourth-order valence-electron chi connectivity index (χ4n) is 1.98. The number of benzene rings is 1. The molecule has 0 radical (unpaired) electrons. The molecule has 25 heavy (non-hydrogen) atoms. The Kier molecular flexibility index (Phi) is 7.84. The standard InChI is InChI=1S/C17H22FNO6/c1-10(2)16(22)24-11(3)25-17(23)19-9-13(8-15(20)21)12-4-6-14(18)7-5-12/h4-7,10-11,13H,8-9H2,1-3H3,(H,19,23)(H,20,21)/t11-,13+/m1/s1. The van der Waals surface area contributed by atoms with Crippen LogP contribution < -0.4 is 5.32 Å². The number of aliphatic carboxylic acids is 1. The van der Waals surface area contributed by atoms with Crippen LogP contribution in [0.5, 0.6) is 0 Å². The Labute approximate surface area is 145 Å². The summed E-state index contributed by atoms with van der Waals surface area (Å²) in [5, 5.41) is 11.4. The van der Waals surface area contributed by atoms with Crippen LogP contribution in [0, 0.1) is 11.7 Å². The molecule has 0 saturated heterocycles. The van der Waals surface area contributed by atoms with Crippen LogP contribution in [0.4, 0.5) is 9.18 Å². The normalized spacial score (nSPS) is 13.0. The molecule has 1 aromatic rings. The molecule has 0 saturated carbocycles. The molecule has 2 atom stereocenters. The maximum atomic E-state index is 13.0. The zero-order chi connectivity index (χ0) is 19.0. The molecule has 0 aromatic heterocycles. The summed E-state index contributed by atoms with van der Waals surface area (Å²) in [5.74, 6) is -2.91. The molecule has 0 aliphatic heterocycles. The summed E-state index contributed by atoms with van der Waals surface area (Å²) in [6, 6.07) is 5.36. The van der Waals surface area contributed by atoms with Crippen molar-refractivity contribution in [2.75, 3.05) is 6.54 Å². The van der Waals surface area contributed by atoms with Gasteiger partial charge in [0, 0.05) is 19.4 Å². The van der Waals surface area contributed by atoms with E-state index < -0.39 is 36.1 Å². The molecule has 1 rings (SSSR count). The van der Waals surface area contributed by atoms with E-state index >= 15 is 0 Å². The predicted octanol–water partition coefficient (Wildman–Crippen LogP) is 2.66. The largest absolute Gasteiger partial charge is 0.481 e. The van der Waals surface area contributed by atoms with Crippen LogP contribution in [0.15, 0.2) is 24.3 Å². The molecule has 0 spiro atoms. The topological polar surface area (TPSA) is 102 Å². The number of halogens is 1. The van der Waals surface area contributed by atoms with Gasteiger partial charge in [0.15, 0.2) is 0 Å². The van der Waals surface area contributed by atoms with Crippen molar-refractivity contribution in [3.05, 3.63) is 35.6 Å². The molecule has 8 heteroatoms. The van der Waals surface area contributed by atoms with Gasteiger partial charge >= 0.3 is 18.0 Å². The summed E-state index contributed by atoms with van der Waals surface area (Å²) < 4.78 is 22.8. The van der Waals surface area contributed by atoms with Crippen LogP contribution in [0.1, 0.15) is 38.7 Å². The van der Waals surface area contributed by atoms with Crippen LogP contribution >= 0.6 is 0 Å². The van der Waals surface area contributed by atoms with Gasteiger partial charge in [0.1, 0.15) is 5.82 Å². The molecule has 0 bridgehead atoms. The van der Waals surface area contributed by atoms with Crippen molar-refractivity contribution in [2.24, 2.45) is 5.92 Å². The zero-order valence-electron chi connectivity index (χ0n) is 14.3. The van der Waals surface area contributed by atoms with Gasteiger partial charge in [0.25, 0.3) is 0 Å². The Morgan fingerprint density at radius 3 is 2.24 bits per heavy atom. The SMILES string of the molecule is CC(C)C(=O)O[C@@H](C)OC(=O)NC[C@H](CC(=O)O)c1ccc(F)cc1. The lowest BCUT2D eigenvalue weighted by Gasteiger charge is -2.18. The van der Waals surface area contributed by atoms with Gasteiger partial charge in [-0.3, -0.25) is 9.59 Å². The first-order valence-electron chi connectivity index (χ1n) is 7.81. The van der Waals surface area contributed by atoms with Gasteiger partial charge in [0.2, 0.25) is 6.29 Å². The number of amides is 1. The first-order chi connectivity index (χ1) is 11.7. The van der Waals surface area contributed by atoms with E-state index in [4.69, 9.17) is 14.6 Å². The average Bonchev–Trinajstić information content (AvgIpc) is 2.51. The Morgan fingerprint density at radius 1 is 1.12 bits per heavy atom. The first-order valence-corrected chi connectivity index (χ1v) is 7.81. The Bertz CT molecular complexity index is 602. The number of hydrogen-bond donors (Lipinski definition) is 2. The minimum atomic E-state index is -1.07. The quantitative estimate of drug-likeness (QED) is 0.549. The van der Waals surface area contributed by atoms with E-state index in [0.717, 1.165) is 0 Å². The summed E-state index contributed by atoms with van der Waals surface area (Å²) in [4.78, 5) is 34.1. The molecule has 138 valence electrons. The predicted molar refractivity (Wildman–Crippen MR) is 86.3 cm³/mol. The number of alkyl carbamates (subject to hydrolysis) is 1. The number of hydrogen-bond acceptors (Lipinski definition) is 5. The van der Waals surface area contributed by atoms with Crippen LogP contribution in [0.25, 0.3) is 0 Å². The van der Waals surface area contributed by atoms with Crippen LogP contribution in [-0.4, -0.2) is 36.0 Å².